The van der Waals surface area contributed by atoms with Crippen LogP contribution >= 0.6 is 15.9 Å². The van der Waals surface area contributed by atoms with Crippen LogP contribution in [-0.4, -0.2) is 6.03 Å². The molecule has 2 amide bonds. The summed E-state index contributed by atoms with van der Waals surface area (Å²) in [6, 6.07) is 15.8. The van der Waals surface area contributed by atoms with Crippen molar-refractivity contribution < 1.29 is 4.79 Å². The van der Waals surface area contributed by atoms with E-state index < -0.39 is 0 Å². The number of nitrogens with one attached hydrogen (secondary N) is 2. The molecule has 0 atom stereocenters. The van der Waals surface area contributed by atoms with Crippen molar-refractivity contribution in [1.82, 2.24) is 5.32 Å². The Labute approximate surface area is 132 Å². The molecule has 0 aromatic heterocycles. The van der Waals surface area contributed by atoms with Crippen molar-refractivity contribution in [2.24, 2.45) is 0 Å². The Kier molecular flexibility index (Phi) is 3.72. The molecule has 1 saturated carbocycles. The van der Waals surface area contributed by atoms with Crippen LogP contribution < -0.4 is 10.6 Å². The van der Waals surface area contributed by atoms with Gasteiger partial charge in [0.15, 0.2) is 0 Å². The third kappa shape index (κ3) is 3.27. The number of halogens is 1. The molecule has 0 saturated heterocycles. The number of hydrogen-bond acceptors (Lipinski definition) is 1. The third-order valence-electron chi connectivity index (χ3n) is 3.76. The molecule has 21 heavy (non-hydrogen) atoms. The highest BCUT2D eigenvalue weighted by atomic mass is 79.9. The molecule has 1 aliphatic rings. The summed E-state index contributed by atoms with van der Waals surface area (Å²) in [4.78, 5) is 12.2. The molecule has 0 aliphatic heterocycles. The van der Waals surface area contributed by atoms with Gasteiger partial charge >= 0.3 is 6.03 Å². The van der Waals surface area contributed by atoms with Gasteiger partial charge in [-0.3, -0.25) is 0 Å². The maximum atomic E-state index is 12.2. The number of carbonyl (C=O) groups is 1. The van der Waals surface area contributed by atoms with Crippen molar-refractivity contribution in [1.29, 1.82) is 0 Å². The number of rotatable bonds is 3. The van der Waals surface area contributed by atoms with Crippen molar-refractivity contribution in [3.8, 4) is 0 Å². The Morgan fingerprint density at radius 3 is 2.57 bits per heavy atom. The van der Waals surface area contributed by atoms with Crippen molar-refractivity contribution in [3.63, 3.8) is 0 Å². The van der Waals surface area contributed by atoms with E-state index in [4.69, 9.17) is 0 Å². The number of amides is 2. The van der Waals surface area contributed by atoms with Gasteiger partial charge in [0.1, 0.15) is 0 Å². The summed E-state index contributed by atoms with van der Waals surface area (Å²) in [6.45, 7) is 2.01. The molecule has 2 aromatic carbocycles. The van der Waals surface area contributed by atoms with Crippen molar-refractivity contribution in [2.75, 3.05) is 5.32 Å². The van der Waals surface area contributed by atoms with Crippen molar-refractivity contribution >= 4 is 27.6 Å². The maximum Gasteiger partial charge on any atom is 0.319 e. The van der Waals surface area contributed by atoms with E-state index in [-0.39, 0.29) is 11.6 Å². The van der Waals surface area contributed by atoms with E-state index in [0.717, 1.165) is 34.1 Å². The molecule has 108 valence electrons. The molecule has 2 N–H and O–H groups in total. The summed E-state index contributed by atoms with van der Waals surface area (Å²) < 4.78 is 1.03. The fourth-order valence-electron chi connectivity index (χ4n) is 2.50. The highest BCUT2D eigenvalue weighted by Gasteiger charge is 2.45. The Balaban J connectivity index is 1.70. The molecule has 4 heteroatoms. The molecule has 2 aromatic rings. The average molecular weight is 345 g/mol. The molecule has 0 unspecified atom stereocenters. The predicted octanol–water partition coefficient (Wildman–Crippen LogP) is 4.57. The molecule has 1 fully saturated rings. The van der Waals surface area contributed by atoms with Gasteiger partial charge in [-0.15, -0.1) is 0 Å². The van der Waals surface area contributed by atoms with E-state index in [2.05, 4.69) is 38.7 Å². The van der Waals surface area contributed by atoms with Gasteiger partial charge in [0.25, 0.3) is 0 Å². The fourth-order valence-corrected chi connectivity index (χ4v) is 2.90. The van der Waals surface area contributed by atoms with Crippen molar-refractivity contribution in [2.45, 2.75) is 25.3 Å². The van der Waals surface area contributed by atoms with Crippen LogP contribution in [0.4, 0.5) is 10.5 Å². The first-order valence-corrected chi connectivity index (χ1v) is 7.79. The SMILES string of the molecule is Cc1cccc(NC(=O)NC2(c3cccc(Br)c3)CC2)c1. The van der Waals surface area contributed by atoms with Gasteiger partial charge in [-0.05, 0) is 55.2 Å². The molecule has 0 heterocycles. The normalized spacial score (nSPS) is 15.3. The lowest BCUT2D eigenvalue weighted by Gasteiger charge is -2.19. The van der Waals surface area contributed by atoms with Gasteiger partial charge in [-0.2, -0.15) is 0 Å². The molecular weight excluding hydrogens is 328 g/mol. The number of aryl methyl sites for hydroxylation is 1. The number of benzene rings is 2. The van der Waals surface area contributed by atoms with Gasteiger partial charge in [-0.1, -0.05) is 40.2 Å². The molecule has 0 bridgehead atoms. The molecule has 3 nitrogen and oxygen atoms in total. The lowest BCUT2D eigenvalue weighted by molar-refractivity contribution is 0.247. The smallest absolute Gasteiger partial charge is 0.319 e. The quantitative estimate of drug-likeness (QED) is 0.841. The first kappa shape index (κ1) is 14.1. The highest BCUT2D eigenvalue weighted by molar-refractivity contribution is 9.10. The number of urea groups is 1. The summed E-state index contributed by atoms with van der Waals surface area (Å²) in [7, 11) is 0. The molecule has 0 spiro atoms. The van der Waals surface area contributed by atoms with Crippen LogP contribution in [0.25, 0.3) is 0 Å². The van der Waals surface area contributed by atoms with E-state index in [1.807, 2.05) is 43.3 Å². The zero-order chi connectivity index (χ0) is 14.9. The van der Waals surface area contributed by atoms with E-state index in [1.54, 1.807) is 0 Å². The van der Waals surface area contributed by atoms with Crippen LogP contribution in [0.15, 0.2) is 53.0 Å². The monoisotopic (exact) mass is 344 g/mol. The number of hydrogen-bond donors (Lipinski definition) is 2. The predicted molar refractivity (Wildman–Crippen MR) is 88.4 cm³/mol. The Morgan fingerprint density at radius 2 is 1.90 bits per heavy atom. The highest BCUT2D eigenvalue weighted by Crippen LogP contribution is 2.46. The minimum absolute atomic E-state index is 0.155. The fraction of sp³-hybridized carbons (Fsp3) is 0.235. The largest absolute Gasteiger partial charge is 0.328 e. The summed E-state index contributed by atoms with van der Waals surface area (Å²) in [6.07, 6.45) is 1.95. The summed E-state index contributed by atoms with van der Waals surface area (Å²) >= 11 is 3.48. The first-order valence-electron chi connectivity index (χ1n) is 6.99. The molecule has 3 rings (SSSR count). The van der Waals surface area contributed by atoms with Crippen LogP contribution in [-0.2, 0) is 5.54 Å². The second-order valence-electron chi connectivity index (χ2n) is 5.54. The van der Waals surface area contributed by atoms with Gasteiger partial charge in [-0.25, -0.2) is 4.79 Å². The number of anilines is 1. The van der Waals surface area contributed by atoms with E-state index in [0.29, 0.717) is 0 Å². The van der Waals surface area contributed by atoms with Crippen LogP contribution in [0.5, 0.6) is 0 Å². The van der Waals surface area contributed by atoms with Gasteiger partial charge in [0, 0.05) is 10.2 Å². The third-order valence-corrected chi connectivity index (χ3v) is 4.25. The second-order valence-corrected chi connectivity index (χ2v) is 6.46. The van der Waals surface area contributed by atoms with Crippen LogP contribution in [0.2, 0.25) is 0 Å². The Morgan fingerprint density at radius 1 is 1.14 bits per heavy atom. The van der Waals surface area contributed by atoms with Gasteiger partial charge in [0.05, 0.1) is 5.54 Å². The Hall–Kier alpha value is -1.81. The lowest BCUT2D eigenvalue weighted by Crippen LogP contribution is -2.38. The summed E-state index contributed by atoms with van der Waals surface area (Å²) in [5, 5.41) is 6.01. The average Bonchev–Trinajstić information content (AvgIpc) is 3.19. The van der Waals surface area contributed by atoms with Crippen LogP contribution in [0.3, 0.4) is 0 Å². The van der Waals surface area contributed by atoms with E-state index in [1.165, 1.54) is 0 Å². The van der Waals surface area contributed by atoms with E-state index in [9.17, 15) is 4.79 Å². The summed E-state index contributed by atoms with van der Waals surface area (Å²) in [5.41, 5.74) is 2.88. The molecule has 0 radical (unpaired) electrons. The lowest BCUT2D eigenvalue weighted by atomic mass is 10.1. The minimum Gasteiger partial charge on any atom is -0.328 e. The molecular formula is C17H17BrN2O. The van der Waals surface area contributed by atoms with Gasteiger partial charge in [0.2, 0.25) is 0 Å². The minimum atomic E-state index is -0.211. The number of carbonyl (C=O) groups excluding carboxylic acids is 1. The van der Waals surface area contributed by atoms with E-state index >= 15 is 0 Å². The van der Waals surface area contributed by atoms with Crippen LogP contribution in [0, 0.1) is 6.92 Å². The topological polar surface area (TPSA) is 41.1 Å². The zero-order valence-corrected chi connectivity index (χ0v) is 13.4. The molecule has 1 aliphatic carbocycles. The first-order chi connectivity index (χ1) is 10.1. The van der Waals surface area contributed by atoms with Crippen LogP contribution in [0.1, 0.15) is 24.0 Å². The zero-order valence-electron chi connectivity index (χ0n) is 11.8. The standard InChI is InChI=1S/C17H17BrN2O/c1-12-4-2-7-15(10-12)19-16(21)20-17(8-9-17)13-5-3-6-14(18)11-13/h2-7,10-11H,8-9H2,1H3,(H2,19,20,21). The van der Waals surface area contributed by atoms with Gasteiger partial charge < -0.3 is 10.6 Å². The summed E-state index contributed by atoms with van der Waals surface area (Å²) in [5.74, 6) is 0. The Bertz CT molecular complexity index is 680. The van der Waals surface area contributed by atoms with Crippen molar-refractivity contribution in [3.05, 3.63) is 64.1 Å². The second kappa shape index (κ2) is 5.53. The maximum absolute atomic E-state index is 12.2.